The summed E-state index contributed by atoms with van der Waals surface area (Å²) in [5, 5.41) is 4.93. The first-order valence-corrected chi connectivity index (χ1v) is 4.52. The zero-order valence-electron chi connectivity index (χ0n) is 4.92. The van der Waals surface area contributed by atoms with Gasteiger partial charge in [-0.25, -0.2) is 0 Å². The summed E-state index contributed by atoms with van der Waals surface area (Å²) in [4.78, 5) is 0. The maximum atomic E-state index is 10.4. The zero-order chi connectivity index (χ0) is 8.65. The van der Waals surface area contributed by atoms with E-state index in [0.29, 0.717) is 0 Å². The Morgan fingerprint density at radius 3 is 2.45 bits per heavy atom. The predicted molar refractivity (Wildman–Crippen MR) is 41.6 cm³/mol. The van der Waals surface area contributed by atoms with E-state index in [1.807, 2.05) is 0 Å². The van der Waals surface area contributed by atoms with E-state index in [-0.39, 0.29) is 4.64 Å². The third-order valence-corrected chi connectivity index (χ3v) is 2.20. The average Bonchev–Trinajstić information content (AvgIpc) is 2.08. The summed E-state index contributed by atoms with van der Waals surface area (Å²) in [6, 6.07) is 0. The number of aromatic amines is 1. The van der Waals surface area contributed by atoms with Gasteiger partial charge in [-0.15, -0.1) is 9.30 Å². The molecule has 0 aliphatic heterocycles. The molecule has 0 fully saturated rings. The van der Waals surface area contributed by atoms with Crippen LogP contribution in [0.5, 0.6) is 0 Å². The molecule has 6 nitrogen and oxygen atoms in total. The fourth-order valence-corrected chi connectivity index (χ4v) is 1.69. The van der Waals surface area contributed by atoms with E-state index in [1.54, 1.807) is 0 Å². The van der Waals surface area contributed by atoms with Crippen molar-refractivity contribution < 1.29 is 13.0 Å². The van der Waals surface area contributed by atoms with E-state index in [4.69, 9.17) is 4.55 Å². The number of hydrogen-bond acceptors (Lipinski definition) is 5. The van der Waals surface area contributed by atoms with Crippen LogP contribution in [0.2, 0.25) is 0 Å². The zero-order valence-corrected chi connectivity index (χ0v) is 7.45. The highest BCUT2D eigenvalue weighted by atomic mass is 32.2. The van der Waals surface area contributed by atoms with Gasteiger partial charge in [0.1, 0.15) is 0 Å². The van der Waals surface area contributed by atoms with Crippen molar-refractivity contribution in [2.75, 3.05) is 0 Å². The number of thiol groups is 1. The van der Waals surface area contributed by atoms with Crippen LogP contribution in [0.3, 0.4) is 0 Å². The Balaban J connectivity index is 3.49. The molecule has 2 N–H and O–H groups in total. The van der Waals surface area contributed by atoms with Crippen LogP contribution in [0.25, 0.3) is 0 Å². The summed E-state index contributed by atoms with van der Waals surface area (Å²) >= 11 is 8.11. The lowest BCUT2D eigenvalue weighted by Crippen LogP contribution is -1.99. The molecular formula is C2H3N3O3S3. The second-order valence-corrected chi connectivity index (χ2v) is 3.73. The Kier molecular flexibility index (Phi) is 2.05. The fourth-order valence-electron chi connectivity index (χ4n) is 0.464. The first-order chi connectivity index (χ1) is 4.91. The van der Waals surface area contributed by atoms with E-state index in [1.165, 1.54) is 0 Å². The van der Waals surface area contributed by atoms with Crippen LogP contribution in [0, 0.1) is 4.64 Å². The molecule has 1 aromatic heterocycles. The maximum Gasteiger partial charge on any atom is 0.317 e. The molecule has 0 radical (unpaired) electrons. The highest BCUT2D eigenvalue weighted by Crippen LogP contribution is 2.04. The third-order valence-electron chi connectivity index (χ3n) is 0.826. The average molecular weight is 213 g/mol. The topological polar surface area (TPSA) is 88.0 Å². The molecule has 0 saturated carbocycles. The summed E-state index contributed by atoms with van der Waals surface area (Å²) in [6.45, 7) is 0. The minimum Gasteiger partial charge on any atom is -0.280 e. The molecule has 0 atom stereocenters. The molecule has 0 unspecified atom stereocenters. The smallest absolute Gasteiger partial charge is 0.280 e. The first-order valence-electron chi connectivity index (χ1n) is 2.27. The number of rotatable bonds is 1. The van der Waals surface area contributed by atoms with E-state index in [2.05, 4.69) is 35.2 Å². The van der Waals surface area contributed by atoms with Crippen molar-refractivity contribution in [3.8, 4) is 0 Å². The van der Waals surface area contributed by atoms with Crippen molar-refractivity contribution in [2.45, 2.75) is 5.03 Å². The largest absolute Gasteiger partial charge is 0.317 e. The van der Waals surface area contributed by atoms with Gasteiger partial charge in [-0.1, -0.05) is 12.2 Å². The lowest BCUT2D eigenvalue weighted by Gasteiger charge is -1.84. The Hall–Kier alpha value is -0.380. The number of nitrogens with zero attached hydrogens (tertiary/aromatic N) is 2. The summed E-state index contributed by atoms with van der Waals surface area (Å²) in [5.74, 6) is 0. The highest BCUT2D eigenvalue weighted by Gasteiger charge is 2.15. The van der Waals surface area contributed by atoms with Crippen molar-refractivity contribution in [3.05, 3.63) is 4.64 Å². The van der Waals surface area contributed by atoms with Crippen LogP contribution >= 0.6 is 25.0 Å². The molecule has 0 aromatic carbocycles. The lowest BCUT2D eigenvalue weighted by molar-refractivity contribution is 0.478. The second-order valence-electron chi connectivity index (χ2n) is 1.61. The molecule has 0 aliphatic carbocycles. The monoisotopic (exact) mass is 213 g/mol. The Bertz CT molecular complexity index is 413. The van der Waals surface area contributed by atoms with Crippen molar-refractivity contribution in [2.24, 2.45) is 0 Å². The molecular weight excluding hydrogens is 210 g/mol. The fraction of sp³-hybridized carbons (Fsp3) is 0. The summed E-state index contributed by atoms with van der Waals surface area (Å²) in [6.07, 6.45) is 0. The molecule has 0 aliphatic rings. The first kappa shape index (κ1) is 8.71. The molecule has 0 bridgehead atoms. The van der Waals surface area contributed by atoms with Crippen LogP contribution in [-0.2, 0) is 10.1 Å². The van der Waals surface area contributed by atoms with Gasteiger partial charge < -0.3 is 0 Å². The Morgan fingerprint density at radius 2 is 2.27 bits per heavy atom. The minimum absolute atomic E-state index is 0.178. The molecule has 0 spiro atoms. The van der Waals surface area contributed by atoms with Gasteiger partial charge in [0, 0.05) is 0 Å². The van der Waals surface area contributed by atoms with Crippen LogP contribution in [-0.4, -0.2) is 27.4 Å². The van der Waals surface area contributed by atoms with E-state index < -0.39 is 15.1 Å². The van der Waals surface area contributed by atoms with Crippen LogP contribution in [0.4, 0.5) is 0 Å². The number of H-pyrrole nitrogens is 1. The molecule has 1 aromatic rings. The van der Waals surface area contributed by atoms with Gasteiger partial charge in [-0.2, -0.15) is 8.42 Å². The highest BCUT2D eigenvalue weighted by molar-refractivity contribution is 7.86. The molecule has 0 saturated heterocycles. The van der Waals surface area contributed by atoms with Gasteiger partial charge >= 0.3 is 10.1 Å². The predicted octanol–water partition coefficient (Wildman–Crippen LogP) is -0.120. The third kappa shape index (κ3) is 1.80. The van der Waals surface area contributed by atoms with E-state index in [9.17, 15) is 8.42 Å². The summed E-state index contributed by atoms with van der Waals surface area (Å²) in [5.41, 5.74) is 0. The number of nitrogens with one attached hydrogen (secondary N) is 1. The van der Waals surface area contributed by atoms with Gasteiger partial charge in [0.05, 0.1) is 0 Å². The standard InChI is InChI=1S/C2H3N3O3S3/c6-11(7,8)2-1(9)3-5(10)4-2/h10H,(H,3,9)(H,6,7,8). The molecule has 11 heavy (non-hydrogen) atoms. The van der Waals surface area contributed by atoms with Gasteiger partial charge in [0.2, 0.25) is 5.03 Å². The van der Waals surface area contributed by atoms with Gasteiger partial charge in [0.15, 0.2) is 4.64 Å². The summed E-state index contributed by atoms with van der Waals surface area (Å²) < 4.78 is 29.9. The van der Waals surface area contributed by atoms with Gasteiger partial charge in [-0.3, -0.25) is 9.65 Å². The Labute approximate surface area is 72.5 Å². The summed E-state index contributed by atoms with van der Waals surface area (Å²) in [7, 11) is -4.33. The molecule has 0 amide bonds. The maximum absolute atomic E-state index is 10.4. The molecule has 1 heterocycles. The van der Waals surface area contributed by atoms with Crippen molar-refractivity contribution >= 4 is 35.2 Å². The molecule has 9 heteroatoms. The quantitative estimate of drug-likeness (QED) is 0.344. The van der Waals surface area contributed by atoms with Gasteiger partial charge in [-0.05, 0) is 12.8 Å². The van der Waals surface area contributed by atoms with Crippen molar-refractivity contribution in [3.63, 3.8) is 0 Å². The minimum atomic E-state index is -4.33. The SMILES string of the molecule is O=S(=O)(O)c1nn(S)[nH]c1=S. The second kappa shape index (κ2) is 2.59. The molecule has 62 valence electrons. The number of hydrogen-bond donors (Lipinski definition) is 3. The van der Waals surface area contributed by atoms with Crippen LogP contribution < -0.4 is 0 Å². The number of aromatic nitrogens is 3. The van der Waals surface area contributed by atoms with Crippen molar-refractivity contribution in [1.29, 1.82) is 0 Å². The van der Waals surface area contributed by atoms with E-state index >= 15 is 0 Å². The van der Waals surface area contributed by atoms with Crippen LogP contribution in [0.1, 0.15) is 0 Å². The Morgan fingerprint density at radius 1 is 1.73 bits per heavy atom. The normalized spacial score (nSPS) is 11.8. The van der Waals surface area contributed by atoms with E-state index in [0.717, 1.165) is 4.20 Å². The lowest BCUT2D eigenvalue weighted by atomic mass is 10.9. The van der Waals surface area contributed by atoms with Crippen molar-refractivity contribution in [1.82, 2.24) is 14.4 Å². The van der Waals surface area contributed by atoms with Gasteiger partial charge in [0.25, 0.3) is 0 Å². The van der Waals surface area contributed by atoms with Crippen LogP contribution in [0.15, 0.2) is 5.03 Å². The molecule has 1 rings (SSSR count).